The Labute approximate surface area is 138 Å². The maximum Gasteiger partial charge on any atom is 0.337 e. The summed E-state index contributed by atoms with van der Waals surface area (Å²) in [6, 6.07) is 5.82. The number of benzene rings is 1. The van der Waals surface area contributed by atoms with Gasteiger partial charge in [-0.05, 0) is 46.6 Å². The molecule has 1 aromatic carbocycles. The Kier molecular flexibility index (Phi) is 4.62. The fourth-order valence-corrected chi connectivity index (χ4v) is 4.96. The summed E-state index contributed by atoms with van der Waals surface area (Å²) in [5.74, 6) is -1.23. The number of hydrogen-bond donors (Lipinski definition) is 2. The minimum Gasteiger partial charge on any atom is -0.478 e. The molecule has 1 heterocycles. The number of para-hydroxylation sites is 1. The van der Waals surface area contributed by atoms with Gasteiger partial charge in [0.15, 0.2) is 0 Å². The first-order chi connectivity index (χ1) is 9.72. The van der Waals surface area contributed by atoms with Gasteiger partial charge in [0, 0.05) is 4.47 Å². The molecule has 0 atom stereocenters. The highest BCUT2D eigenvalue weighted by atomic mass is 79.9. The number of rotatable bonds is 4. The Hall–Kier alpha value is -1.09. The summed E-state index contributed by atoms with van der Waals surface area (Å²) >= 11 is 9.93. The summed E-state index contributed by atoms with van der Waals surface area (Å²) in [6.07, 6.45) is 0. The molecule has 0 fully saturated rings. The smallest absolute Gasteiger partial charge is 0.337 e. The fraction of sp³-hybridized carbons (Fsp3) is 0.0833. The number of carboxylic acids is 1. The molecule has 0 unspecified atom stereocenters. The van der Waals surface area contributed by atoms with Crippen LogP contribution in [-0.2, 0) is 10.0 Å². The molecule has 2 N–H and O–H groups in total. The molecule has 0 spiro atoms. The zero-order valence-corrected chi connectivity index (χ0v) is 14.5. The largest absolute Gasteiger partial charge is 0.478 e. The molecule has 0 saturated carbocycles. The quantitative estimate of drug-likeness (QED) is 0.799. The minimum atomic E-state index is -3.90. The summed E-state index contributed by atoms with van der Waals surface area (Å²) in [5, 5.41) is 9.13. The number of carboxylic acid groups (broad SMARTS) is 1. The van der Waals surface area contributed by atoms with Gasteiger partial charge in [-0.25, -0.2) is 13.2 Å². The van der Waals surface area contributed by atoms with Gasteiger partial charge in [0.1, 0.15) is 4.21 Å². The average molecular weight is 411 g/mol. The van der Waals surface area contributed by atoms with E-state index in [-0.39, 0.29) is 15.5 Å². The molecule has 2 rings (SSSR count). The van der Waals surface area contributed by atoms with Crippen molar-refractivity contribution in [2.75, 3.05) is 4.72 Å². The second-order valence-electron chi connectivity index (χ2n) is 4.10. The van der Waals surface area contributed by atoms with Gasteiger partial charge in [-0.3, -0.25) is 4.72 Å². The molecule has 0 aliphatic rings. The highest BCUT2D eigenvalue weighted by molar-refractivity contribution is 9.10. The standard InChI is InChI=1S/C12H9BrClNO4S2/c1-6-5-9(20-11(6)14)21(18,19)15-10-7(12(16)17)3-2-4-8(10)13/h2-5,15H,1H3,(H,16,17). The molecule has 0 radical (unpaired) electrons. The average Bonchev–Trinajstić information content (AvgIpc) is 2.72. The van der Waals surface area contributed by atoms with Crippen molar-refractivity contribution in [3.8, 4) is 0 Å². The van der Waals surface area contributed by atoms with Crippen LogP contribution in [0, 0.1) is 6.92 Å². The fourth-order valence-electron chi connectivity index (χ4n) is 1.55. The van der Waals surface area contributed by atoms with E-state index in [9.17, 15) is 13.2 Å². The predicted octanol–water partition coefficient (Wildman–Crippen LogP) is 3.97. The first kappa shape index (κ1) is 16.3. The number of anilines is 1. The van der Waals surface area contributed by atoms with Crippen LogP contribution in [0.2, 0.25) is 4.34 Å². The molecule has 21 heavy (non-hydrogen) atoms. The number of nitrogens with one attached hydrogen (secondary N) is 1. The molecule has 0 aliphatic heterocycles. The topological polar surface area (TPSA) is 83.5 Å². The summed E-state index contributed by atoms with van der Waals surface area (Å²) < 4.78 is 27.7. The molecule has 5 nitrogen and oxygen atoms in total. The number of carbonyl (C=O) groups is 1. The Balaban J connectivity index is 2.49. The van der Waals surface area contributed by atoms with Gasteiger partial charge in [0.2, 0.25) is 0 Å². The molecular formula is C12H9BrClNO4S2. The van der Waals surface area contributed by atoms with E-state index in [0.717, 1.165) is 11.3 Å². The van der Waals surface area contributed by atoms with Crippen LogP contribution >= 0.6 is 38.9 Å². The van der Waals surface area contributed by atoms with E-state index in [2.05, 4.69) is 20.7 Å². The molecule has 2 aromatic rings. The van der Waals surface area contributed by atoms with Crippen molar-refractivity contribution >= 4 is 60.5 Å². The van der Waals surface area contributed by atoms with Gasteiger partial charge >= 0.3 is 5.97 Å². The van der Waals surface area contributed by atoms with Gasteiger partial charge in [-0.1, -0.05) is 17.7 Å². The normalized spacial score (nSPS) is 11.4. The van der Waals surface area contributed by atoms with E-state index in [1.165, 1.54) is 18.2 Å². The number of halogens is 2. The van der Waals surface area contributed by atoms with E-state index in [4.69, 9.17) is 16.7 Å². The van der Waals surface area contributed by atoms with Crippen LogP contribution in [-0.4, -0.2) is 19.5 Å². The lowest BCUT2D eigenvalue weighted by molar-refractivity contribution is 0.0698. The van der Waals surface area contributed by atoms with Crippen LogP contribution in [0.3, 0.4) is 0 Å². The molecular weight excluding hydrogens is 402 g/mol. The van der Waals surface area contributed by atoms with Gasteiger partial charge in [-0.15, -0.1) is 11.3 Å². The van der Waals surface area contributed by atoms with Crippen molar-refractivity contribution in [1.29, 1.82) is 0 Å². The maximum atomic E-state index is 12.3. The second-order valence-corrected chi connectivity index (χ2v) is 8.51. The monoisotopic (exact) mass is 409 g/mol. The summed E-state index contributed by atoms with van der Waals surface area (Å²) in [6.45, 7) is 1.69. The van der Waals surface area contributed by atoms with E-state index < -0.39 is 16.0 Å². The maximum absolute atomic E-state index is 12.3. The second kappa shape index (κ2) is 5.96. The Bertz CT molecular complexity index is 797. The van der Waals surface area contributed by atoms with Gasteiger partial charge in [0.25, 0.3) is 10.0 Å². The van der Waals surface area contributed by atoms with E-state index in [1.54, 1.807) is 13.0 Å². The highest BCUT2D eigenvalue weighted by Gasteiger charge is 2.22. The number of aromatic carboxylic acids is 1. The van der Waals surface area contributed by atoms with E-state index >= 15 is 0 Å². The van der Waals surface area contributed by atoms with Crippen LogP contribution in [0.4, 0.5) is 5.69 Å². The summed E-state index contributed by atoms with van der Waals surface area (Å²) in [7, 11) is -3.90. The molecule has 0 saturated heterocycles. The van der Waals surface area contributed by atoms with E-state index in [1.807, 2.05) is 0 Å². The Morgan fingerprint density at radius 2 is 2.10 bits per heavy atom. The van der Waals surface area contributed by atoms with Gasteiger partial charge in [0.05, 0.1) is 15.6 Å². The predicted molar refractivity (Wildman–Crippen MR) is 86.0 cm³/mol. The van der Waals surface area contributed by atoms with Gasteiger partial charge < -0.3 is 5.11 Å². The van der Waals surface area contributed by atoms with Crippen LogP contribution in [0.15, 0.2) is 32.9 Å². The van der Waals surface area contributed by atoms with Crippen molar-refractivity contribution in [2.45, 2.75) is 11.1 Å². The highest BCUT2D eigenvalue weighted by Crippen LogP contribution is 2.33. The first-order valence-electron chi connectivity index (χ1n) is 5.53. The lowest BCUT2D eigenvalue weighted by Crippen LogP contribution is -2.15. The van der Waals surface area contributed by atoms with Crippen molar-refractivity contribution in [1.82, 2.24) is 0 Å². The third kappa shape index (κ3) is 3.39. The number of thiophene rings is 1. The molecule has 1 aromatic heterocycles. The van der Waals surface area contributed by atoms with Crippen LogP contribution in [0.5, 0.6) is 0 Å². The Morgan fingerprint density at radius 1 is 1.43 bits per heavy atom. The number of aryl methyl sites for hydroxylation is 1. The SMILES string of the molecule is Cc1cc(S(=O)(=O)Nc2c(Br)cccc2C(=O)O)sc1Cl. The number of sulfonamides is 1. The third-order valence-electron chi connectivity index (χ3n) is 2.58. The van der Waals surface area contributed by atoms with Crippen molar-refractivity contribution in [2.24, 2.45) is 0 Å². The van der Waals surface area contributed by atoms with Crippen LogP contribution in [0.25, 0.3) is 0 Å². The number of hydrogen-bond acceptors (Lipinski definition) is 4. The van der Waals surface area contributed by atoms with Crippen LogP contribution < -0.4 is 4.72 Å². The summed E-state index contributed by atoms with van der Waals surface area (Å²) in [4.78, 5) is 11.2. The lowest BCUT2D eigenvalue weighted by Gasteiger charge is -2.11. The molecule has 0 amide bonds. The molecule has 112 valence electrons. The zero-order chi connectivity index (χ0) is 15.8. The van der Waals surface area contributed by atoms with Crippen molar-refractivity contribution in [3.63, 3.8) is 0 Å². The zero-order valence-electron chi connectivity index (χ0n) is 10.6. The van der Waals surface area contributed by atoms with Crippen LogP contribution in [0.1, 0.15) is 15.9 Å². The lowest BCUT2D eigenvalue weighted by atomic mass is 10.2. The third-order valence-corrected chi connectivity index (χ3v) is 6.62. The van der Waals surface area contributed by atoms with Crippen molar-refractivity contribution in [3.05, 3.63) is 44.2 Å². The summed E-state index contributed by atoms with van der Waals surface area (Å²) in [5.41, 5.74) is 0.479. The minimum absolute atomic E-state index is 0.0211. The van der Waals surface area contributed by atoms with Gasteiger partial charge in [-0.2, -0.15) is 0 Å². The van der Waals surface area contributed by atoms with E-state index in [0.29, 0.717) is 14.4 Å². The molecule has 9 heteroatoms. The Morgan fingerprint density at radius 3 is 2.62 bits per heavy atom. The van der Waals surface area contributed by atoms with Crippen molar-refractivity contribution < 1.29 is 18.3 Å². The first-order valence-corrected chi connectivity index (χ1v) is 9.00. The molecule has 0 bridgehead atoms. The molecule has 0 aliphatic carbocycles.